The molecule has 26 heavy (non-hydrogen) atoms. The van der Waals surface area contributed by atoms with Crippen LogP contribution in [0.5, 0.6) is 0 Å². The Morgan fingerprint density at radius 3 is 2.65 bits per heavy atom. The van der Waals surface area contributed by atoms with Gasteiger partial charge in [-0.05, 0) is 63.2 Å². The monoisotopic (exact) mass is 357 g/mol. The minimum absolute atomic E-state index is 0.182. The summed E-state index contributed by atoms with van der Waals surface area (Å²) in [7, 11) is 0. The molecule has 3 aliphatic rings. The van der Waals surface area contributed by atoms with E-state index in [1.165, 1.54) is 24.0 Å². The molecule has 0 aliphatic heterocycles. The topological polar surface area (TPSA) is 76.0 Å². The zero-order valence-electron chi connectivity index (χ0n) is 15.5. The fraction of sp³-hybridized carbons (Fsp3) is 0.476. The molecule has 0 heterocycles. The van der Waals surface area contributed by atoms with Crippen molar-refractivity contribution in [2.75, 3.05) is 0 Å². The van der Waals surface area contributed by atoms with Gasteiger partial charge in [0.25, 0.3) is 0 Å². The van der Waals surface area contributed by atoms with E-state index in [9.17, 15) is 9.70 Å². The van der Waals surface area contributed by atoms with E-state index in [1.54, 1.807) is 12.2 Å². The van der Waals surface area contributed by atoms with Crippen LogP contribution in [0.3, 0.4) is 0 Å². The molecule has 3 aliphatic carbocycles. The molecule has 0 saturated heterocycles. The molecule has 5 heteroatoms. The van der Waals surface area contributed by atoms with Crippen molar-refractivity contribution in [2.24, 2.45) is 11.3 Å². The quantitative estimate of drug-likeness (QED) is 0.500. The smallest absolute Gasteiger partial charge is 0.331 e. The zero-order chi connectivity index (χ0) is 18.9. The van der Waals surface area contributed by atoms with Crippen molar-refractivity contribution in [3.63, 3.8) is 0 Å². The van der Waals surface area contributed by atoms with Gasteiger partial charge in [0.05, 0.1) is 0 Å². The van der Waals surface area contributed by atoms with E-state index in [2.05, 4.69) is 37.4 Å². The Morgan fingerprint density at radius 1 is 1.31 bits per heavy atom. The molecule has 0 radical (unpaired) electrons. The van der Waals surface area contributed by atoms with E-state index < -0.39 is 5.97 Å². The molecule has 1 N–H and O–H groups in total. The molecule has 0 aromatic heterocycles. The summed E-state index contributed by atoms with van der Waals surface area (Å²) in [6.45, 7) is 4.22. The fourth-order valence-electron chi connectivity index (χ4n) is 3.47. The molecule has 3 rings (SSSR count). The van der Waals surface area contributed by atoms with E-state index in [0.29, 0.717) is 17.8 Å². The molecular formula is C21H27NO4. The largest absolute Gasteiger partial charge is 0.478 e. The number of hydrogen-bond donors (Lipinski definition) is 1. The Kier molecular flexibility index (Phi) is 7.57. The van der Waals surface area contributed by atoms with E-state index in [0.717, 1.165) is 31.3 Å². The summed E-state index contributed by atoms with van der Waals surface area (Å²) in [5, 5.41) is 11.5. The molecular weight excluding hydrogens is 330 g/mol. The summed E-state index contributed by atoms with van der Waals surface area (Å²) >= 11 is 0. The van der Waals surface area contributed by atoms with Gasteiger partial charge in [0.2, 0.25) is 0 Å². The van der Waals surface area contributed by atoms with Crippen LogP contribution in [0.25, 0.3) is 0 Å². The van der Waals surface area contributed by atoms with Crippen molar-refractivity contribution >= 4 is 5.97 Å². The Morgan fingerprint density at radius 2 is 2.12 bits per heavy atom. The van der Waals surface area contributed by atoms with E-state index in [1.807, 2.05) is 0 Å². The van der Waals surface area contributed by atoms with Crippen LogP contribution in [0.4, 0.5) is 0 Å². The van der Waals surface area contributed by atoms with Gasteiger partial charge in [-0.15, -0.1) is 4.91 Å². The Bertz CT molecular complexity index is 695. The number of nitrogens with zero attached hydrogens (tertiary/aromatic N) is 1. The van der Waals surface area contributed by atoms with Crippen molar-refractivity contribution in [1.82, 2.24) is 0 Å². The third-order valence-electron chi connectivity index (χ3n) is 4.86. The second kappa shape index (κ2) is 9.90. The summed E-state index contributed by atoms with van der Waals surface area (Å²) in [5.74, 6) is -0.147. The zero-order valence-corrected chi connectivity index (χ0v) is 15.5. The highest BCUT2D eigenvalue weighted by molar-refractivity contribution is 5.88. The van der Waals surface area contributed by atoms with Gasteiger partial charge in [0, 0.05) is 11.5 Å². The van der Waals surface area contributed by atoms with Gasteiger partial charge in [0.15, 0.2) is 5.34 Å². The van der Waals surface area contributed by atoms with E-state index >= 15 is 0 Å². The first kappa shape index (κ1) is 19.9. The number of carboxylic acids is 1. The Hall–Kier alpha value is -2.43. The first-order valence-corrected chi connectivity index (χ1v) is 9.25. The minimum Gasteiger partial charge on any atom is -0.478 e. The summed E-state index contributed by atoms with van der Waals surface area (Å²) in [6, 6.07) is 0. The first-order chi connectivity index (χ1) is 12.5. The molecule has 0 amide bonds. The van der Waals surface area contributed by atoms with Crippen molar-refractivity contribution in [3.05, 3.63) is 63.3 Å². The minimum atomic E-state index is -0.883. The van der Waals surface area contributed by atoms with E-state index in [-0.39, 0.29) is 5.92 Å². The van der Waals surface area contributed by atoms with Crippen LogP contribution in [-0.4, -0.2) is 11.1 Å². The molecule has 5 nitrogen and oxygen atoms in total. The molecule has 0 bridgehead atoms. The second-order valence-electron chi connectivity index (χ2n) is 6.86. The van der Waals surface area contributed by atoms with Gasteiger partial charge in [-0.3, -0.25) is 0 Å². The first-order valence-electron chi connectivity index (χ1n) is 9.25. The number of allylic oxidation sites excluding steroid dienone is 9. The summed E-state index contributed by atoms with van der Waals surface area (Å²) < 4.78 is 0. The van der Waals surface area contributed by atoms with Gasteiger partial charge in [-0.2, -0.15) is 0 Å². The van der Waals surface area contributed by atoms with Crippen molar-refractivity contribution in [2.45, 2.75) is 58.8 Å². The molecule has 0 fully saturated rings. The van der Waals surface area contributed by atoms with Gasteiger partial charge in [-0.25, -0.2) is 4.79 Å². The average molecular weight is 357 g/mol. The standard InChI is InChI=1S/C14H17NO4.C7H10/c1-2-3-10-6-9-4-5-11(14(16)17)7-12(9)8-13(10)19-15-18;1-7-5-3-2-4-6-7/h7-8,10H,2-6H2,1H3,(H,16,17);3,5-6H,2,4H2,1H3. The SMILES string of the molecule is CC1=CCCC=C1.CCCC1CC2=C(C=C(C(=O)O)CC2)C=C1ON=O. The molecule has 140 valence electrons. The molecule has 0 spiro atoms. The molecule has 1 unspecified atom stereocenters. The highest BCUT2D eigenvalue weighted by atomic mass is 16.7. The lowest BCUT2D eigenvalue weighted by molar-refractivity contribution is -0.132. The number of hydrogen-bond acceptors (Lipinski definition) is 4. The van der Waals surface area contributed by atoms with Gasteiger partial charge >= 0.3 is 5.97 Å². The second-order valence-corrected chi connectivity index (χ2v) is 6.86. The summed E-state index contributed by atoms with van der Waals surface area (Å²) in [4.78, 5) is 26.1. The number of rotatable bonds is 5. The third kappa shape index (κ3) is 5.55. The van der Waals surface area contributed by atoms with Gasteiger partial charge < -0.3 is 9.94 Å². The van der Waals surface area contributed by atoms with Crippen LogP contribution in [0, 0.1) is 10.8 Å². The Labute approximate surface area is 154 Å². The third-order valence-corrected chi connectivity index (χ3v) is 4.86. The van der Waals surface area contributed by atoms with Crippen LogP contribution in [0.1, 0.15) is 58.8 Å². The van der Waals surface area contributed by atoms with Crippen molar-refractivity contribution < 1.29 is 14.7 Å². The van der Waals surface area contributed by atoms with Gasteiger partial charge in [-0.1, -0.05) is 42.7 Å². The normalized spacial score (nSPS) is 21.5. The lowest BCUT2D eigenvalue weighted by Gasteiger charge is -2.27. The van der Waals surface area contributed by atoms with Crippen molar-refractivity contribution in [1.29, 1.82) is 0 Å². The highest BCUT2D eigenvalue weighted by Gasteiger charge is 2.27. The predicted octanol–water partition coefficient (Wildman–Crippen LogP) is 5.77. The van der Waals surface area contributed by atoms with E-state index in [4.69, 9.17) is 9.94 Å². The van der Waals surface area contributed by atoms with Crippen LogP contribution in [-0.2, 0) is 9.63 Å². The number of aliphatic carboxylic acids is 1. The lowest BCUT2D eigenvalue weighted by atomic mass is 9.80. The van der Waals surface area contributed by atoms with Crippen LogP contribution >= 0.6 is 0 Å². The molecule has 0 aromatic carbocycles. The van der Waals surface area contributed by atoms with Crippen LogP contribution in [0.15, 0.2) is 63.8 Å². The average Bonchev–Trinajstić information content (AvgIpc) is 2.63. The van der Waals surface area contributed by atoms with Crippen LogP contribution < -0.4 is 0 Å². The molecule has 0 aromatic rings. The maximum absolute atomic E-state index is 11.0. The highest BCUT2D eigenvalue weighted by Crippen LogP contribution is 2.38. The lowest BCUT2D eigenvalue weighted by Crippen LogP contribution is -2.16. The van der Waals surface area contributed by atoms with Crippen LogP contribution in [0.2, 0.25) is 0 Å². The summed E-state index contributed by atoms with van der Waals surface area (Å²) in [5.41, 5.74) is 3.94. The predicted molar refractivity (Wildman–Crippen MR) is 102 cm³/mol. The maximum Gasteiger partial charge on any atom is 0.331 e. The van der Waals surface area contributed by atoms with Crippen molar-refractivity contribution in [3.8, 4) is 0 Å². The number of carbonyl (C=O) groups is 1. The maximum atomic E-state index is 11.0. The fourth-order valence-corrected chi connectivity index (χ4v) is 3.47. The summed E-state index contributed by atoms with van der Waals surface area (Å²) in [6.07, 6.45) is 16.7. The molecule has 0 saturated carbocycles. The Balaban J connectivity index is 0.000000290. The number of carboxylic acid groups (broad SMARTS) is 1. The molecule has 1 atom stereocenters. The van der Waals surface area contributed by atoms with Gasteiger partial charge in [0.1, 0.15) is 5.76 Å².